The van der Waals surface area contributed by atoms with Crippen molar-refractivity contribution in [3.05, 3.63) is 11.8 Å². The van der Waals surface area contributed by atoms with E-state index in [0.29, 0.717) is 0 Å². The van der Waals surface area contributed by atoms with Crippen LogP contribution in [0.3, 0.4) is 0 Å². The quantitative estimate of drug-likeness (QED) is 0.569. The third-order valence-electron chi connectivity index (χ3n) is 1.65. The summed E-state index contributed by atoms with van der Waals surface area (Å²) < 4.78 is 0. The standard InChI is InChI=1S/C8H13N2/c1-3-4-5-8-7(2)6-9-10-8/h6H,3-5H2,1-2H3. The van der Waals surface area contributed by atoms with Gasteiger partial charge in [0.2, 0.25) is 0 Å². The van der Waals surface area contributed by atoms with Crippen molar-refractivity contribution in [2.45, 2.75) is 33.1 Å². The zero-order valence-corrected chi connectivity index (χ0v) is 6.59. The van der Waals surface area contributed by atoms with Gasteiger partial charge >= 0.3 is 0 Å². The lowest BCUT2D eigenvalue weighted by molar-refractivity contribution is 0.829. The molecule has 0 spiro atoms. The monoisotopic (exact) mass is 137 g/mol. The molecular formula is C8H13N2. The highest BCUT2D eigenvalue weighted by Crippen LogP contribution is 2.09. The molecule has 0 aromatic rings. The average molecular weight is 137 g/mol. The fourth-order valence-electron chi connectivity index (χ4n) is 0.930. The van der Waals surface area contributed by atoms with E-state index in [1.54, 1.807) is 0 Å². The first-order valence-electron chi connectivity index (χ1n) is 3.78. The Bertz CT molecular complexity index is 168. The zero-order valence-electron chi connectivity index (χ0n) is 6.59. The molecule has 0 amide bonds. The van der Waals surface area contributed by atoms with E-state index in [-0.39, 0.29) is 0 Å². The number of unbranched alkanes of at least 4 members (excludes halogenated alkanes) is 1. The van der Waals surface area contributed by atoms with E-state index in [1.165, 1.54) is 24.1 Å². The van der Waals surface area contributed by atoms with Crippen molar-refractivity contribution in [3.63, 3.8) is 0 Å². The van der Waals surface area contributed by atoms with Gasteiger partial charge in [-0.25, -0.2) is 0 Å². The first kappa shape index (κ1) is 7.32. The number of nitrogens with zero attached hydrogens (tertiary/aromatic N) is 2. The molecule has 0 atom stereocenters. The first-order chi connectivity index (χ1) is 4.84. The fraction of sp³-hybridized carbons (Fsp3) is 0.625. The van der Waals surface area contributed by atoms with Crippen molar-refractivity contribution in [2.75, 3.05) is 0 Å². The highest BCUT2D eigenvalue weighted by atomic mass is 15.3. The molecule has 1 rings (SSSR count). The lowest BCUT2D eigenvalue weighted by Crippen LogP contribution is -1.95. The minimum Gasteiger partial charge on any atom is -0.159 e. The second kappa shape index (κ2) is 3.40. The van der Waals surface area contributed by atoms with Crippen LogP contribution in [0.15, 0.2) is 16.9 Å². The highest BCUT2D eigenvalue weighted by molar-refractivity contribution is 6.00. The predicted molar refractivity (Wildman–Crippen MR) is 42.9 cm³/mol. The third kappa shape index (κ3) is 1.59. The summed E-state index contributed by atoms with van der Waals surface area (Å²) in [7, 11) is 0. The van der Waals surface area contributed by atoms with Gasteiger partial charge < -0.3 is 0 Å². The first-order valence-corrected chi connectivity index (χ1v) is 3.78. The largest absolute Gasteiger partial charge is 0.159 e. The van der Waals surface area contributed by atoms with Gasteiger partial charge in [0.05, 0.1) is 11.9 Å². The molecule has 0 fully saturated rings. The molecule has 10 heavy (non-hydrogen) atoms. The zero-order chi connectivity index (χ0) is 7.40. The maximum absolute atomic E-state index is 4.00. The van der Waals surface area contributed by atoms with E-state index in [1.807, 2.05) is 6.20 Å². The number of allylic oxidation sites excluding steroid dienone is 1. The van der Waals surface area contributed by atoms with Gasteiger partial charge in [0.1, 0.15) is 0 Å². The van der Waals surface area contributed by atoms with Crippen LogP contribution >= 0.6 is 0 Å². The maximum Gasteiger partial charge on any atom is 0.0675 e. The maximum atomic E-state index is 4.00. The Morgan fingerprint density at radius 2 is 2.30 bits per heavy atom. The number of hydrogen-bond donors (Lipinski definition) is 0. The summed E-state index contributed by atoms with van der Waals surface area (Å²) in [4.78, 5) is 0. The molecule has 0 saturated heterocycles. The van der Waals surface area contributed by atoms with Crippen LogP contribution in [-0.4, -0.2) is 5.71 Å². The van der Waals surface area contributed by atoms with Crippen LogP contribution in [0, 0.1) is 0 Å². The van der Waals surface area contributed by atoms with E-state index >= 15 is 0 Å². The lowest BCUT2D eigenvalue weighted by Gasteiger charge is -1.96. The molecule has 2 nitrogen and oxygen atoms in total. The van der Waals surface area contributed by atoms with E-state index < -0.39 is 0 Å². The van der Waals surface area contributed by atoms with Gasteiger partial charge in [-0.15, -0.1) is 0 Å². The lowest BCUT2D eigenvalue weighted by atomic mass is 10.1. The number of hydrogen-bond acceptors (Lipinski definition) is 1. The molecule has 1 aliphatic rings. The molecule has 0 saturated carbocycles. The summed E-state index contributed by atoms with van der Waals surface area (Å²) >= 11 is 0. The Balaban J connectivity index is 2.35. The summed E-state index contributed by atoms with van der Waals surface area (Å²) in [6.07, 6.45) is 5.36. The Morgan fingerprint density at radius 1 is 1.50 bits per heavy atom. The average Bonchev–Trinajstić information content (AvgIpc) is 2.31. The van der Waals surface area contributed by atoms with E-state index in [9.17, 15) is 0 Å². The molecule has 1 heterocycles. The topological polar surface area (TPSA) is 26.5 Å². The van der Waals surface area contributed by atoms with Gasteiger partial charge in [-0.2, -0.15) is 10.5 Å². The minimum atomic E-state index is 1.09. The van der Waals surface area contributed by atoms with Gasteiger partial charge in [-0.3, -0.25) is 0 Å². The molecule has 1 aliphatic heterocycles. The number of rotatable bonds is 3. The summed E-state index contributed by atoms with van der Waals surface area (Å²) in [6.45, 7) is 4.25. The van der Waals surface area contributed by atoms with Crippen molar-refractivity contribution < 1.29 is 0 Å². The molecule has 1 radical (unpaired) electrons. The minimum absolute atomic E-state index is 1.09. The SMILES string of the molecule is CCCCC1=N[N]C=C1C. The summed E-state index contributed by atoms with van der Waals surface area (Å²) in [6, 6.07) is 0. The molecule has 0 aromatic carbocycles. The van der Waals surface area contributed by atoms with Crippen LogP contribution < -0.4 is 5.43 Å². The van der Waals surface area contributed by atoms with Crippen LogP contribution in [0.5, 0.6) is 0 Å². The van der Waals surface area contributed by atoms with Gasteiger partial charge in [-0.1, -0.05) is 13.3 Å². The highest BCUT2D eigenvalue weighted by Gasteiger charge is 2.06. The van der Waals surface area contributed by atoms with E-state index in [2.05, 4.69) is 24.4 Å². The van der Waals surface area contributed by atoms with Crippen LogP contribution in [-0.2, 0) is 0 Å². The summed E-state index contributed by atoms with van der Waals surface area (Å²) in [5.74, 6) is 0. The van der Waals surface area contributed by atoms with Crippen molar-refractivity contribution in [2.24, 2.45) is 5.10 Å². The Labute approximate surface area is 62.0 Å². The van der Waals surface area contributed by atoms with Crippen LogP contribution in [0.25, 0.3) is 0 Å². The molecule has 0 aromatic heterocycles. The van der Waals surface area contributed by atoms with E-state index in [4.69, 9.17) is 0 Å². The molecule has 0 bridgehead atoms. The smallest absolute Gasteiger partial charge is 0.0675 e. The molecule has 0 N–H and O–H groups in total. The summed E-state index contributed by atoms with van der Waals surface area (Å²) in [5, 5.41) is 4.00. The van der Waals surface area contributed by atoms with E-state index in [0.717, 1.165) is 6.42 Å². The second-order valence-electron chi connectivity index (χ2n) is 2.58. The fourth-order valence-corrected chi connectivity index (χ4v) is 0.930. The second-order valence-corrected chi connectivity index (χ2v) is 2.58. The Hall–Kier alpha value is -0.790. The van der Waals surface area contributed by atoms with Crippen molar-refractivity contribution in [1.82, 2.24) is 5.43 Å². The Kier molecular flexibility index (Phi) is 2.49. The van der Waals surface area contributed by atoms with Crippen molar-refractivity contribution >= 4 is 5.71 Å². The van der Waals surface area contributed by atoms with Crippen LogP contribution in [0.2, 0.25) is 0 Å². The van der Waals surface area contributed by atoms with Gasteiger partial charge in [0.15, 0.2) is 0 Å². The molecule has 55 valence electrons. The third-order valence-corrected chi connectivity index (χ3v) is 1.65. The molecule has 0 aliphatic carbocycles. The predicted octanol–water partition coefficient (Wildman–Crippen LogP) is 2.05. The molecular weight excluding hydrogens is 124 g/mol. The van der Waals surface area contributed by atoms with Crippen LogP contribution in [0.4, 0.5) is 0 Å². The van der Waals surface area contributed by atoms with Gasteiger partial charge in [0.25, 0.3) is 0 Å². The van der Waals surface area contributed by atoms with Gasteiger partial charge in [-0.05, 0) is 25.3 Å². The van der Waals surface area contributed by atoms with Crippen LogP contribution in [0.1, 0.15) is 33.1 Å². The Morgan fingerprint density at radius 3 is 2.80 bits per heavy atom. The van der Waals surface area contributed by atoms with Gasteiger partial charge in [0, 0.05) is 0 Å². The van der Waals surface area contributed by atoms with Crippen molar-refractivity contribution in [1.29, 1.82) is 0 Å². The normalized spacial score (nSPS) is 16.2. The van der Waals surface area contributed by atoms with Crippen molar-refractivity contribution in [3.8, 4) is 0 Å². The summed E-state index contributed by atoms with van der Waals surface area (Å²) in [5.41, 5.74) is 6.22. The molecule has 0 unspecified atom stereocenters. The molecule has 2 heteroatoms.